The third-order valence-electron chi connectivity index (χ3n) is 5.34. The number of hydroxylamine groups is 1. The Hall–Kier alpha value is -2.87. The number of ether oxygens (including phenoxy) is 1. The van der Waals surface area contributed by atoms with Crippen LogP contribution in [0.15, 0.2) is 66.0 Å². The first kappa shape index (κ1) is 19.1. The highest BCUT2D eigenvalue weighted by atomic mass is 35.5. The molecule has 5 rings (SSSR count). The maximum Gasteiger partial charge on any atom is 0.266 e. The summed E-state index contributed by atoms with van der Waals surface area (Å²) in [4.78, 5) is 35.0. The molecule has 2 amide bonds. The van der Waals surface area contributed by atoms with Crippen molar-refractivity contribution in [3.8, 4) is 5.75 Å². The molecule has 8 heteroatoms. The SMILES string of the molecule is COc1cccc(N2C(=O)[C@H]3[C@H](ON(c4ccc(Cl)cc4)[C@@H]3c3cccs3)C2=O)c1. The molecule has 6 nitrogen and oxygen atoms in total. The number of methoxy groups -OCH3 is 1. The Morgan fingerprint density at radius 1 is 1.00 bits per heavy atom. The van der Waals surface area contributed by atoms with Gasteiger partial charge in [-0.25, -0.2) is 9.96 Å². The van der Waals surface area contributed by atoms with E-state index >= 15 is 0 Å². The summed E-state index contributed by atoms with van der Waals surface area (Å²) >= 11 is 7.55. The van der Waals surface area contributed by atoms with Gasteiger partial charge in [-0.15, -0.1) is 11.3 Å². The number of hydrogen-bond donors (Lipinski definition) is 0. The molecule has 2 fully saturated rings. The lowest BCUT2D eigenvalue weighted by Gasteiger charge is -2.28. The van der Waals surface area contributed by atoms with E-state index in [-0.39, 0.29) is 11.8 Å². The minimum atomic E-state index is -0.897. The molecule has 1 aromatic heterocycles. The van der Waals surface area contributed by atoms with Crippen molar-refractivity contribution in [3.05, 3.63) is 75.9 Å². The second-order valence-corrected chi connectivity index (χ2v) is 8.44. The number of nitrogens with zero attached hydrogens (tertiary/aromatic N) is 2. The molecule has 2 aliphatic rings. The Morgan fingerprint density at radius 2 is 1.80 bits per heavy atom. The first-order valence-corrected chi connectivity index (χ1v) is 10.6. The lowest BCUT2D eigenvalue weighted by molar-refractivity contribution is -0.126. The number of thiophene rings is 1. The van der Waals surface area contributed by atoms with E-state index in [9.17, 15) is 9.59 Å². The number of carbonyl (C=O) groups excluding carboxylic acids is 2. The zero-order chi connectivity index (χ0) is 20.8. The number of carbonyl (C=O) groups is 2. The van der Waals surface area contributed by atoms with Crippen LogP contribution in [0.4, 0.5) is 11.4 Å². The maximum absolute atomic E-state index is 13.5. The standard InChI is InChI=1S/C22H17ClN2O4S/c1-28-16-5-2-4-15(12-16)24-21(26)18-19(17-6-3-11-30-17)25(29-20(18)22(24)27)14-9-7-13(23)8-10-14/h2-12,18-20H,1H3/t18-,19-,20+/m1/s1. The zero-order valence-electron chi connectivity index (χ0n) is 15.9. The van der Waals surface area contributed by atoms with Crippen molar-refractivity contribution >= 4 is 46.1 Å². The van der Waals surface area contributed by atoms with Crippen LogP contribution in [0, 0.1) is 5.92 Å². The van der Waals surface area contributed by atoms with Crippen LogP contribution in [0.3, 0.4) is 0 Å². The van der Waals surface area contributed by atoms with Gasteiger partial charge in [0.05, 0.1) is 18.5 Å². The normalized spacial score (nSPS) is 23.2. The highest BCUT2D eigenvalue weighted by molar-refractivity contribution is 7.10. The van der Waals surface area contributed by atoms with Gasteiger partial charge in [-0.2, -0.15) is 0 Å². The van der Waals surface area contributed by atoms with Crippen LogP contribution in [0.2, 0.25) is 5.02 Å². The van der Waals surface area contributed by atoms with Gasteiger partial charge in [0, 0.05) is 16.0 Å². The molecule has 0 spiro atoms. The fraction of sp³-hybridized carbons (Fsp3) is 0.182. The van der Waals surface area contributed by atoms with Crippen LogP contribution in [0.25, 0.3) is 0 Å². The van der Waals surface area contributed by atoms with Gasteiger partial charge < -0.3 is 4.74 Å². The fourth-order valence-corrected chi connectivity index (χ4v) is 4.96. The van der Waals surface area contributed by atoms with Crippen LogP contribution < -0.4 is 14.7 Å². The molecule has 3 aromatic rings. The fourth-order valence-electron chi connectivity index (χ4n) is 3.98. The van der Waals surface area contributed by atoms with Gasteiger partial charge in [0.1, 0.15) is 17.7 Å². The van der Waals surface area contributed by atoms with Crippen molar-refractivity contribution in [2.75, 3.05) is 17.1 Å². The highest BCUT2D eigenvalue weighted by Gasteiger charge is 2.60. The van der Waals surface area contributed by atoms with Crippen molar-refractivity contribution in [2.45, 2.75) is 12.1 Å². The minimum absolute atomic E-state index is 0.284. The van der Waals surface area contributed by atoms with E-state index in [2.05, 4.69) is 0 Å². The average Bonchev–Trinajstić information content (AvgIpc) is 3.46. The van der Waals surface area contributed by atoms with Gasteiger partial charge in [0.2, 0.25) is 5.91 Å². The van der Waals surface area contributed by atoms with E-state index in [1.165, 1.54) is 16.2 Å². The Kier molecular flexibility index (Phi) is 4.73. The molecular weight excluding hydrogens is 424 g/mol. The number of anilines is 2. The van der Waals surface area contributed by atoms with Gasteiger partial charge in [0.25, 0.3) is 5.91 Å². The number of amides is 2. The van der Waals surface area contributed by atoms with Crippen LogP contribution in [-0.4, -0.2) is 25.0 Å². The van der Waals surface area contributed by atoms with E-state index in [0.717, 1.165) is 10.6 Å². The second-order valence-electron chi connectivity index (χ2n) is 7.03. The summed E-state index contributed by atoms with van der Waals surface area (Å²) in [6, 6.07) is 17.5. The average molecular weight is 441 g/mol. The maximum atomic E-state index is 13.5. The van der Waals surface area contributed by atoms with Gasteiger partial charge in [0.15, 0.2) is 6.10 Å². The second kappa shape index (κ2) is 7.43. The number of fused-ring (bicyclic) bond motifs is 1. The van der Waals surface area contributed by atoms with Gasteiger partial charge in [-0.05, 0) is 47.8 Å². The molecule has 2 aliphatic heterocycles. The van der Waals surface area contributed by atoms with Crippen LogP contribution >= 0.6 is 22.9 Å². The molecule has 2 saturated heterocycles. The van der Waals surface area contributed by atoms with Crippen molar-refractivity contribution in [1.29, 1.82) is 0 Å². The first-order valence-electron chi connectivity index (χ1n) is 9.35. The van der Waals surface area contributed by atoms with Crippen molar-refractivity contribution in [1.82, 2.24) is 0 Å². The first-order chi connectivity index (χ1) is 14.6. The van der Waals surface area contributed by atoms with Crippen molar-refractivity contribution in [2.24, 2.45) is 5.92 Å². The number of halogens is 1. The van der Waals surface area contributed by atoms with Crippen LogP contribution in [0.5, 0.6) is 5.75 Å². The van der Waals surface area contributed by atoms with E-state index in [0.29, 0.717) is 16.5 Å². The molecule has 0 saturated carbocycles. The Balaban J connectivity index is 1.55. The van der Waals surface area contributed by atoms with Crippen molar-refractivity contribution in [3.63, 3.8) is 0 Å². The Bertz CT molecular complexity index is 1100. The monoisotopic (exact) mass is 440 g/mol. The molecule has 152 valence electrons. The number of rotatable bonds is 4. The number of imide groups is 1. The van der Waals surface area contributed by atoms with Crippen LogP contribution in [0.1, 0.15) is 10.9 Å². The molecule has 0 unspecified atom stereocenters. The van der Waals surface area contributed by atoms with E-state index < -0.39 is 18.1 Å². The molecule has 0 N–H and O–H groups in total. The zero-order valence-corrected chi connectivity index (χ0v) is 17.5. The molecule has 30 heavy (non-hydrogen) atoms. The van der Waals surface area contributed by atoms with Gasteiger partial charge in [-0.1, -0.05) is 23.7 Å². The van der Waals surface area contributed by atoms with Crippen LogP contribution in [-0.2, 0) is 14.4 Å². The topological polar surface area (TPSA) is 59.1 Å². The molecule has 2 aromatic carbocycles. The summed E-state index contributed by atoms with van der Waals surface area (Å²) in [7, 11) is 1.54. The quantitative estimate of drug-likeness (QED) is 0.560. The van der Waals surface area contributed by atoms with Gasteiger partial charge in [-0.3, -0.25) is 14.4 Å². The predicted molar refractivity (Wildman–Crippen MR) is 115 cm³/mol. The summed E-state index contributed by atoms with van der Waals surface area (Å²) in [6.07, 6.45) is -0.897. The largest absolute Gasteiger partial charge is 0.497 e. The highest BCUT2D eigenvalue weighted by Crippen LogP contribution is 2.48. The van der Waals surface area contributed by atoms with Crippen molar-refractivity contribution < 1.29 is 19.2 Å². The van der Waals surface area contributed by atoms with E-state index in [4.69, 9.17) is 21.2 Å². The molecule has 0 radical (unpaired) electrons. The summed E-state index contributed by atoms with van der Waals surface area (Å²) in [5.74, 6) is -0.744. The molecule has 0 bridgehead atoms. The van der Waals surface area contributed by atoms with E-state index in [1.807, 2.05) is 29.6 Å². The lowest BCUT2D eigenvalue weighted by Crippen LogP contribution is -2.37. The summed E-state index contributed by atoms with van der Waals surface area (Å²) in [5.41, 5.74) is 1.21. The minimum Gasteiger partial charge on any atom is -0.497 e. The van der Waals surface area contributed by atoms with Gasteiger partial charge >= 0.3 is 0 Å². The smallest absolute Gasteiger partial charge is 0.266 e. The molecule has 3 atom stereocenters. The molecule has 3 heterocycles. The third-order valence-corrected chi connectivity index (χ3v) is 6.54. The van der Waals surface area contributed by atoms with E-state index in [1.54, 1.807) is 48.6 Å². The predicted octanol–water partition coefficient (Wildman–Crippen LogP) is 4.46. The Labute approximate surface area is 182 Å². The molecule has 0 aliphatic carbocycles. The Morgan fingerprint density at radius 3 is 2.50 bits per heavy atom. The molecular formula is C22H17ClN2O4S. The number of benzene rings is 2. The third kappa shape index (κ3) is 2.98. The summed E-state index contributed by atoms with van der Waals surface area (Å²) < 4.78 is 5.25. The summed E-state index contributed by atoms with van der Waals surface area (Å²) in [6.45, 7) is 0. The summed E-state index contributed by atoms with van der Waals surface area (Å²) in [5, 5.41) is 4.21. The lowest BCUT2D eigenvalue weighted by atomic mass is 9.95. The number of hydrogen-bond acceptors (Lipinski definition) is 6.